The molecule has 0 spiro atoms. The van der Waals surface area contributed by atoms with Crippen LogP contribution in [-0.2, 0) is 4.79 Å². The molecule has 1 amide bonds. The van der Waals surface area contributed by atoms with Crippen molar-refractivity contribution in [3.05, 3.63) is 78.9 Å². The lowest BCUT2D eigenvalue weighted by Crippen LogP contribution is -2.33. The van der Waals surface area contributed by atoms with E-state index in [0.29, 0.717) is 18.9 Å². The molecule has 2 N–H and O–H groups in total. The Bertz CT molecular complexity index is 898. The Kier molecular flexibility index (Phi) is 7.34. The van der Waals surface area contributed by atoms with Crippen molar-refractivity contribution in [3.8, 4) is 23.0 Å². The smallest absolute Gasteiger partial charge is 0.239 e. The fraction of sp³-hybridized carbons (Fsp3) is 0.174. The highest BCUT2D eigenvalue weighted by molar-refractivity contribution is 5.81. The first-order valence-corrected chi connectivity index (χ1v) is 9.34. The Balaban J connectivity index is 1.41. The lowest BCUT2D eigenvalue weighted by atomic mass is 10.3. The summed E-state index contributed by atoms with van der Waals surface area (Å²) in [6.45, 7) is 0.929. The normalized spacial score (nSPS) is 10.1. The standard InChI is InChI=1S/C23H24N2O4/c1-27-18-11-13-19(14-12-18)28-16-15-24-23(26)17-25-21-9-5-6-10-22(21)29-20-7-3-2-4-8-20/h2-14,25H,15-17H2,1H3,(H,24,26). The van der Waals surface area contributed by atoms with E-state index < -0.39 is 0 Å². The largest absolute Gasteiger partial charge is 0.497 e. The Morgan fingerprint density at radius 2 is 1.52 bits per heavy atom. The number of carbonyl (C=O) groups is 1. The van der Waals surface area contributed by atoms with Crippen LogP contribution in [0.15, 0.2) is 78.9 Å². The van der Waals surface area contributed by atoms with Crippen LogP contribution in [0.1, 0.15) is 0 Å². The Labute approximate surface area is 170 Å². The van der Waals surface area contributed by atoms with Gasteiger partial charge in [-0.05, 0) is 48.5 Å². The SMILES string of the molecule is COc1ccc(OCCNC(=O)CNc2ccccc2Oc2ccccc2)cc1. The number of amides is 1. The monoisotopic (exact) mass is 392 g/mol. The van der Waals surface area contributed by atoms with Gasteiger partial charge in [0.05, 0.1) is 25.9 Å². The van der Waals surface area contributed by atoms with Crippen molar-refractivity contribution < 1.29 is 19.0 Å². The number of para-hydroxylation sites is 3. The summed E-state index contributed by atoms with van der Waals surface area (Å²) < 4.78 is 16.6. The van der Waals surface area contributed by atoms with Gasteiger partial charge in [0.15, 0.2) is 5.75 Å². The summed E-state index contributed by atoms with van der Waals surface area (Å²) in [6, 6.07) is 24.3. The molecule has 0 heterocycles. The number of hydrogen-bond acceptors (Lipinski definition) is 5. The molecule has 29 heavy (non-hydrogen) atoms. The van der Waals surface area contributed by atoms with E-state index in [2.05, 4.69) is 10.6 Å². The van der Waals surface area contributed by atoms with Crippen LogP contribution in [0.5, 0.6) is 23.0 Å². The zero-order chi connectivity index (χ0) is 20.3. The number of anilines is 1. The van der Waals surface area contributed by atoms with E-state index in [-0.39, 0.29) is 12.5 Å². The maximum absolute atomic E-state index is 12.1. The molecule has 0 aliphatic carbocycles. The molecule has 0 unspecified atom stereocenters. The zero-order valence-corrected chi connectivity index (χ0v) is 16.3. The Morgan fingerprint density at radius 3 is 2.28 bits per heavy atom. The Hall–Kier alpha value is -3.67. The minimum Gasteiger partial charge on any atom is -0.497 e. The first-order chi connectivity index (χ1) is 14.2. The van der Waals surface area contributed by atoms with E-state index in [1.807, 2.05) is 78.9 Å². The van der Waals surface area contributed by atoms with Crippen LogP contribution < -0.4 is 24.8 Å². The summed E-state index contributed by atoms with van der Waals surface area (Å²) >= 11 is 0. The molecule has 0 fully saturated rings. The third-order valence-electron chi connectivity index (χ3n) is 4.05. The van der Waals surface area contributed by atoms with Crippen molar-refractivity contribution >= 4 is 11.6 Å². The van der Waals surface area contributed by atoms with Crippen LogP contribution in [0.4, 0.5) is 5.69 Å². The summed E-state index contributed by atoms with van der Waals surface area (Å²) in [5, 5.41) is 5.94. The first kappa shape index (κ1) is 20.1. The highest BCUT2D eigenvalue weighted by atomic mass is 16.5. The summed E-state index contributed by atoms with van der Waals surface area (Å²) in [7, 11) is 1.62. The zero-order valence-electron chi connectivity index (χ0n) is 16.3. The van der Waals surface area contributed by atoms with E-state index in [0.717, 1.165) is 22.9 Å². The van der Waals surface area contributed by atoms with Gasteiger partial charge >= 0.3 is 0 Å². The molecule has 3 rings (SSSR count). The molecule has 0 saturated carbocycles. The molecule has 3 aromatic rings. The number of ether oxygens (including phenoxy) is 3. The number of methoxy groups -OCH3 is 1. The van der Waals surface area contributed by atoms with E-state index in [9.17, 15) is 4.79 Å². The van der Waals surface area contributed by atoms with Gasteiger partial charge < -0.3 is 24.8 Å². The predicted octanol–water partition coefficient (Wildman–Crippen LogP) is 4.09. The number of hydrogen-bond donors (Lipinski definition) is 2. The van der Waals surface area contributed by atoms with Crippen molar-refractivity contribution in [2.45, 2.75) is 0 Å². The first-order valence-electron chi connectivity index (χ1n) is 9.34. The van der Waals surface area contributed by atoms with Crippen molar-refractivity contribution in [1.82, 2.24) is 5.32 Å². The third-order valence-corrected chi connectivity index (χ3v) is 4.05. The lowest BCUT2D eigenvalue weighted by Gasteiger charge is -2.13. The molecule has 3 aromatic carbocycles. The van der Waals surface area contributed by atoms with Crippen molar-refractivity contribution in [2.24, 2.45) is 0 Å². The highest BCUT2D eigenvalue weighted by Gasteiger charge is 2.06. The second-order valence-corrected chi connectivity index (χ2v) is 6.14. The van der Waals surface area contributed by atoms with Crippen LogP contribution in [0.3, 0.4) is 0 Å². The molecule has 150 valence electrons. The second kappa shape index (κ2) is 10.6. The number of nitrogens with one attached hydrogen (secondary N) is 2. The number of carbonyl (C=O) groups excluding carboxylic acids is 1. The molecule has 0 bridgehead atoms. The second-order valence-electron chi connectivity index (χ2n) is 6.14. The fourth-order valence-corrected chi connectivity index (χ4v) is 2.59. The van der Waals surface area contributed by atoms with E-state index >= 15 is 0 Å². The van der Waals surface area contributed by atoms with Gasteiger partial charge in [-0.25, -0.2) is 0 Å². The average molecular weight is 392 g/mol. The summed E-state index contributed by atoms with van der Waals surface area (Å²) in [4.78, 5) is 12.1. The number of benzene rings is 3. The predicted molar refractivity (Wildman–Crippen MR) is 113 cm³/mol. The lowest BCUT2D eigenvalue weighted by molar-refractivity contribution is -0.119. The maximum Gasteiger partial charge on any atom is 0.239 e. The van der Waals surface area contributed by atoms with Gasteiger partial charge in [0.1, 0.15) is 23.9 Å². The minimum absolute atomic E-state index is 0.127. The molecule has 0 aliphatic rings. The van der Waals surface area contributed by atoms with E-state index in [1.165, 1.54) is 0 Å². The van der Waals surface area contributed by atoms with E-state index in [1.54, 1.807) is 7.11 Å². The molecule has 6 nitrogen and oxygen atoms in total. The van der Waals surface area contributed by atoms with Gasteiger partial charge in [-0.2, -0.15) is 0 Å². The number of rotatable bonds is 10. The van der Waals surface area contributed by atoms with Gasteiger partial charge in [0.2, 0.25) is 5.91 Å². The molecule has 0 aliphatic heterocycles. The molecule has 0 aromatic heterocycles. The van der Waals surface area contributed by atoms with E-state index in [4.69, 9.17) is 14.2 Å². The third kappa shape index (κ3) is 6.46. The molecule has 0 radical (unpaired) electrons. The van der Waals surface area contributed by atoms with Crippen LogP contribution in [-0.4, -0.2) is 32.7 Å². The van der Waals surface area contributed by atoms with Crippen LogP contribution in [0.25, 0.3) is 0 Å². The summed E-state index contributed by atoms with van der Waals surface area (Å²) in [5.74, 6) is 2.77. The van der Waals surface area contributed by atoms with Crippen molar-refractivity contribution in [3.63, 3.8) is 0 Å². The van der Waals surface area contributed by atoms with Crippen LogP contribution in [0, 0.1) is 0 Å². The maximum atomic E-state index is 12.1. The molecule has 6 heteroatoms. The van der Waals surface area contributed by atoms with Crippen LogP contribution >= 0.6 is 0 Å². The Morgan fingerprint density at radius 1 is 0.828 bits per heavy atom. The fourth-order valence-electron chi connectivity index (χ4n) is 2.59. The van der Waals surface area contributed by atoms with Gasteiger partial charge in [0, 0.05) is 0 Å². The van der Waals surface area contributed by atoms with Gasteiger partial charge in [-0.15, -0.1) is 0 Å². The van der Waals surface area contributed by atoms with Crippen molar-refractivity contribution in [1.29, 1.82) is 0 Å². The highest BCUT2D eigenvalue weighted by Crippen LogP contribution is 2.28. The van der Waals surface area contributed by atoms with Crippen molar-refractivity contribution in [2.75, 3.05) is 32.1 Å². The molecular weight excluding hydrogens is 368 g/mol. The van der Waals surface area contributed by atoms with Gasteiger partial charge in [-0.1, -0.05) is 30.3 Å². The summed E-state index contributed by atoms with van der Waals surface area (Å²) in [5.41, 5.74) is 0.751. The molecular formula is C23H24N2O4. The molecule has 0 saturated heterocycles. The molecule has 0 atom stereocenters. The topological polar surface area (TPSA) is 68.8 Å². The summed E-state index contributed by atoms with van der Waals surface area (Å²) in [6.07, 6.45) is 0. The van der Waals surface area contributed by atoms with Gasteiger partial charge in [0.25, 0.3) is 0 Å². The van der Waals surface area contributed by atoms with Crippen LogP contribution in [0.2, 0.25) is 0 Å². The van der Waals surface area contributed by atoms with Gasteiger partial charge in [-0.3, -0.25) is 4.79 Å². The minimum atomic E-state index is -0.127. The average Bonchev–Trinajstić information content (AvgIpc) is 2.77. The quantitative estimate of drug-likeness (QED) is 0.509.